The van der Waals surface area contributed by atoms with E-state index in [0.717, 1.165) is 15.5 Å². The van der Waals surface area contributed by atoms with Crippen LogP contribution in [0, 0.1) is 29.6 Å². The van der Waals surface area contributed by atoms with Crippen molar-refractivity contribution in [3.63, 3.8) is 0 Å². The normalized spacial score (nSPS) is 16.9. The third-order valence-electron chi connectivity index (χ3n) is 18.1. The molecule has 1 aromatic heterocycles. The van der Waals surface area contributed by atoms with Gasteiger partial charge in [-0.2, -0.15) is 0 Å². The Morgan fingerprint density at radius 2 is 1.40 bits per heavy atom. The Morgan fingerprint density at radius 3 is 1.99 bits per heavy atom. The third kappa shape index (κ3) is 23.5. The van der Waals surface area contributed by atoms with Crippen LogP contribution in [0.3, 0.4) is 0 Å². The van der Waals surface area contributed by atoms with Crippen molar-refractivity contribution in [1.82, 2.24) is 51.2 Å². The molecule has 534 valence electrons. The lowest BCUT2D eigenvalue weighted by atomic mass is 9.89. The summed E-state index contributed by atoms with van der Waals surface area (Å²) in [7, 11) is 6.16. The zero-order chi connectivity index (χ0) is 71.6. The number of nitrogens with two attached hydrogens (primary N) is 1. The second-order valence-corrected chi connectivity index (χ2v) is 27.2. The van der Waals surface area contributed by atoms with Gasteiger partial charge in [-0.05, 0) is 91.9 Å². The number of thiazole rings is 1. The molecular weight excluding hydrogens is 1260 g/mol. The number of amides is 12. The molecule has 0 aliphatic carbocycles. The number of benzene rings is 2. The number of carbonyl (C=O) groups excluding carboxylic acids is 11. The highest BCUT2D eigenvalue weighted by atomic mass is 32.1. The van der Waals surface area contributed by atoms with Crippen LogP contribution in [0.25, 0.3) is 0 Å². The minimum Gasteiger partial charge on any atom is -0.445 e. The van der Waals surface area contributed by atoms with Gasteiger partial charge in [-0.25, -0.2) is 14.6 Å². The van der Waals surface area contributed by atoms with Crippen molar-refractivity contribution in [2.75, 3.05) is 53.3 Å². The Kier molecular flexibility index (Phi) is 32.1. The molecule has 12 amide bonds. The predicted octanol–water partition coefficient (Wildman–Crippen LogP) is 6.40. The molecular formula is C70H104N12O14S. The number of ether oxygens (including phenoxy) is 3. The first-order valence-electron chi connectivity index (χ1n) is 33.7. The molecule has 27 heteroatoms. The standard InChI is InChI=1S/C70H104N12O14S/c1-14-45(8)61(53(94-12)40-57(86)81-37-22-26-52(81)62(95-13)46(9)63(87)76-51(67-72-35-38-97-67)39-47-23-17-15-18-24-47)79(10)68(91)59(43(4)5)78-66(90)60(44(6)7)80(11)70(93)96-41-48-28-30-49(31-29-48)74-64(88)50(25-21-34-73-69(71)92)75-65(89)58(42(2)3)77-54(83)27-19-16-20-36-82-55(84)32-33-56(82)85/h15,17-18,23-24,28-33,35,38,42-46,50-53,58-62H,14,16,19-22,25-27,34,36-37,39-41H2,1-13H3,(H,74,88)(H,75,89)(H,76,87)(H,77,83)(H,78,90)(H3,71,73,92)/t45-,46+,50-,51-,52-,53+,58-,59-,60-,61-,62+/m0/s1. The monoisotopic (exact) mass is 1370 g/mol. The van der Waals surface area contributed by atoms with Crippen LogP contribution >= 0.6 is 11.3 Å². The maximum Gasteiger partial charge on any atom is 0.410 e. The Balaban J connectivity index is 1.18. The van der Waals surface area contributed by atoms with E-state index in [2.05, 4.69) is 36.9 Å². The van der Waals surface area contributed by atoms with Crippen LogP contribution in [0.1, 0.15) is 149 Å². The summed E-state index contributed by atoms with van der Waals surface area (Å²) in [5.41, 5.74) is 7.17. The van der Waals surface area contributed by atoms with Crippen LogP contribution in [0.15, 0.2) is 78.3 Å². The van der Waals surface area contributed by atoms with Crippen LogP contribution in [-0.4, -0.2) is 186 Å². The van der Waals surface area contributed by atoms with Gasteiger partial charge in [-0.1, -0.05) is 118 Å². The second-order valence-electron chi connectivity index (χ2n) is 26.2. The first-order chi connectivity index (χ1) is 46.1. The highest BCUT2D eigenvalue weighted by molar-refractivity contribution is 7.09. The average Bonchev–Trinajstić information content (AvgIpc) is 1.80. The molecule has 8 N–H and O–H groups in total. The SMILES string of the molecule is CC[C@H](C)[C@@H]([C@@H](CC(=O)N1CCC[C@H]1[C@H](OC)[C@@H](C)C(=O)N[C@@H](Cc1ccccc1)c1nccs1)OC)N(C)C(=O)[C@@H](NC(=O)[C@H](C(C)C)N(C)C(=O)OCc1ccc(NC(=O)[C@H](CCCNC(N)=O)NC(=O)[C@@H](NC(=O)CCCCCN2C(=O)C=CC2=O)C(C)C)cc1)C(C)C. The number of primary amides is 1. The quantitative estimate of drug-likeness (QED) is 0.0240. The van der Waals surface area contributed by atoms with E-state index in [1.165, 1.54) is 42.5 Å². The second kappa shape index (κ2) is 39.2. The molecule has 2 aliphatic rings. The number of likely N-dealkylation sites (N-methyl/N-ethyl adjacent to an activating group) is 2. The zero-order valence-corrected chi connectivity index (χ0v) is 59.4. The highest BCUT2D eigenvalue weighted by Gasteiger charge is 2.44. The Bertz CT molecular complexity index is 3120. The fourth-order valence-electron chi connectivity index (χ4n) is 12.4. The van der Waals surface area contributed by atoms with Gasteiger partial charge >= 0.3 is 12.1 Å². The Hall–Kier alpha value is -8.30. The Morgan fingerprint density at radius 1 is 0.732 bits per heavy atom. The van der Waals surface area contributed by atoms with E-state index < -0.39 is 102 Å². The topological polar surface area (TPSA) is 340 Å². The van der Waals surface area contributed by atoms with Crippen molar-refractivity contribution in [3.8, 4) is 0 Å². The maximum absolute atomic E-state index is 14.9. The summed E-state index contributed by atoms with van der Waals surface area (Å²) >= 11 is 1.47. The summed E-state index contributed by atoms with van der Waals surface area (Å²) in [4.78, 5) is 158. The molecule has 2 aromatic carbocycles. The average molecular weight is 1370 g/mol. The van der Waals surface area contributed by atoms with E-state index in [-0.39, 0.29) is 92.8 Å². The van der Waals surface area contributed by atoms with Crippen molar-refractivity contribution in [3.05, 3.63) is 94.5 Å². The zero-order valence-electron chi connectivity index (χ0n) is 58.6. The van der Waals surface area contributed by atoms with Crippen LogP contribution < -0.4 is 37.6 Å². The molecule has 1 fully saturated rings. The van der Waals surface area contributed by atoms with Crippen LogP contribution in [-0.2, 0) is 70.4 Å². The number of urea groups is 1. The van der Waals surface area contributed by atoms with Crippen molar-refractivity contribution < 1.29 is 67.0 Å². The molecule has 3 aromatic rings. The van der Waals surface area contributed by atoms with Crippen LogP contribution in [0.2, 0.25) is 0 Å². The van der Waals surface area contributed by atoms with E-state index in [4.69, 9.17) is 19.9 Å². The number of nitrogens with zero attached hydrogens (tertiary/aromatic N) is 5. The van der Waals surface area contributed by atoms with Gasteiger partial charge in [0.1, 0.15) is 35.8 Å². The first-order valence-corrected chi connectivity index (χ1v) is 34.6. The number of rotatable bonds is 39. The summed E-state index contributed by atoms with van der Waals surface area (Å²) in [5, 5.41) is 19.6. The Labute approximate surface area is 575 Å². The fraction of sp³-hybridized carbons (Fsp3) is 0.600. The minimum atomic E-state index is -1.11. The third-order valence-corrected chi connectivity index (χ3v) is 19.0. The van der Waals surface area contributed by atoms with Gasteiger partial charge in [0.15, 0.2) is 0 Å². The molecule has 97 heavy (non-hydrogen) atoms. The number of carbonyl (C=O) groups is 11. The van der Waals surface area contributed by atoms with Crippen molar-refractivity contribution >= 4 is 82.3 Å². The number of aromatic nitrogens is 1. The van der Waals surface area contributed by atoms with Gasteiger partial charge in [-0.15, -0.1) is 11.3 Å². The number of hydrogen-bond donors (Lipinski definition) is 7. The van der Waals surface area contributed by atoms with Gasteiger partial charge < -0.3 is 61.6 Å². The van der Waals surface area contributed by atoms with E-state index in [1.807, 2.05) is 70.3 Å². The maximum atomic E-state index is 14.9. The van der Waals surface area contributed by atoms with Crippen LogP contribution in [0.5, 0.6) is 0 Å². The summed E-state index contributed by atoms with van der Waals surface area (Å²) < 4.78 is 17.9. The molecule has 2 aliphatic heterocycles. The number of nitrogens with one attached hydrogen (secondary N) is 6. The van der Waals surface area contributed by atoms with Crippen molar-refractivity contribution in [2.45, 2.75) is 194 Å². The molecule has 26 nitrogen and oxygen atoms in total. The number of hydrogen-bond acceptors (Lipinski definition) is 16. The highest BCUT2D eigenvalue weighted by Crippen LogP contribution is 2.31. The molecule has 0 saturated carbocycles. The molecule has 3 heterocycles. The summed E-state index contributed by atoms with van der Waals surface area (Å²) in [6, 6.07) is 9.87. The molecule has 5 rings (SSSR count). The molecule has 0 spiro atoms. The number of likely N-dealkylation sites (tertiary alicyclic amines) is 1. The summed E-state index contributed by atoms with van der Waals surface area (Å²) in [6.07, 6.45) is 6.28. The molecule has 0 unspecified atom stereocenters. The molecule has 1 saturated heterocycles. The summed E-state index contributed by atoms with van der Waals surface area (Å²) in [5.74, 6) is -5.80. The lowest BCUT2D eigenvalue weighted by Gasteiger charge is -2.41. The number of unbranched alkanes of at least 4 members (excludes halogenated alkanes) is 2. The van der Waals surface area contributed by atoms with E-state index >= 15 is 0 Å². The van der Waals surface area contributed by atoms with E-state index in [9.17, 15) is 52.7 Å². The van der Waals surface area contributed by atoms with Gasteiger partial charge in [0.2, 0.25) is 41.4 Å². The van der Waals surface area contributed by atoms with Crippen molar-refractivity contribution in [1.29, 1.82) is 0 Å². The molecule has 0 radical (unpaired) electrons. The number of anilines is 1. The molecule has 0 bridgehead atoms. The minimum absolute atomic E-state index is 0.0756. The lowest BCUT2D eigenvalue weighted by Crippen LogP contribution is -2.60. The van der Waals surface area contributed by atoms with Gasteiger partial charge in [0.05, 0.1) is 42.7 Å². The largest absolute Gasteiger partial charge is 0.445 e. The van der Waals surface area contributed by atoms with Gasteiger partial charge in [-0.3, -0.25) is 53.0 Å². The summed E-state index contributed by atoms with van der Waals surface area (Å²) in [6.45, 7) is 17.0. The van der Waals surface area contributed by atoms with Gasteiger partial charge in [0.25, 0.3) is 11.8 Å². The molecule has 11 atom stereocenters. The number of methoxy groups -OCH3 is 2. The van der Waals surface area contributed by atoms with Crippen molar-refractivity contribution in [2.24, 2.45) is 35.3 Å². The number of imide groups is 1. The lowest BCUT2D eigenvalue weighted by molar-refractivity contribution is -0.148. The first kappa shape index (κ1) is 79.4. The van der Waals surface area contributed by atoms with Gasteiger partial charge in [0, 0.05) is 83.8 Å². The fourth-order valence-corrected chi connectivity index (χ4v) is 13.1. The van der Waals surface area contributed by atoms with E-state index in [1.54, 1.807) is 82.1 Å². The smallest absolute Gasteiger partial charge is 0.410 e. The van der Waals surface area contributed by atoms with E-state index in [0.29, 0.717) is 62.7 Å². The van der Waals surface area contributed by atoms with Crippen LogP contribution in [0.4, 0.5) is 15.3 Å². The predicted molar refractivity (Wildman–Crippen MR) is 368 cm³/mol.